The maximum absolute atomic E-state index is 4.13. The van der Waals surface area contributed by atoms with E-state index in [4.69, 9.17) is 0 Å². The first-order chi connectivity index (χ1) is 6.95. The number of aromatic nitrogens is 6. The molecule has 3 heterocycles. The quantitative estimate of drug-likeness (QED) is 0.636. The first-order valence-corrected chi connectivity index (χ1v) is 4.70. The molecule has 1 N–H and O–H groups in total. The van der Waals surface area contributed by atoms with Gasteiger partial charge in [-0.1, -0.05) is 4.49 Å². The van der Waals surface area contributed by atoms with E-state index in [0.29, 0.717) is 0 Å². The first kappa shape index (κ1) is 7.51. The van der Waals surface area contributed by atoms with Crippen molar-refractivity contribution >= 4 is 22.6 Å². The van der Waals surface area contributed by atoms with Gasteiger partial charge in [-0.3, -0.25) is 5.10 Å². The number of aromatic amines is 1. The monoisotopic (exact) mass is 204 g/mol. The van der Waals surface area contributed by atoms with Gasteiger partial charge in [-0.05, 0) is 11.5 Å². The van der Waals surface area contributed by atoms with Crippen LogP contribution in [0.5, 0.6) is 0 Å². The predicted octanol–water partition coefficient (Wildman–Crippen LogP) is 0.871. The van der Waals surface area contributed by atoms with Crippen LogP contribution >= 0.6 is 11.5 Å². The number of rotatable bonds is 1. The Morgan fingerprint density at radius 2 is 2.36 bits per heavy atom. The molecular formula is C7H4N6S. The van der Waals surface area contributed by atoms with Gasteiger partial charge in [0.15, 0.2) is 0 Å². The van der Waals surface area contributed by atoms with Crippen LogP contribution in [-0.4, -0.2) is 29.8 Å². The van der Waals surface area contributed by atoms with Gasteiger partial charge in [0.05, 0.1) is 6.20 Å². The minimum atomic E-state index is 0.719. The molecule has 0 radical (unpaired) electrons. The van der Waals surface area contributed by atoms with Crippen molar-refractivity contribution in [1.29, 1.82) is 0 Å². The van der Waals surface area contributed by atoms with Crippen LogP contribution in [-0.2, 0) is 0 Å². The van der Waals surface area contributed by atoms with Crippen molar-refractivity contribution in [1.82, 2.24) is 29.8 Å². The molecule has 3 aromatic heterocycles. The zero-order valence-electron chi connectivity index (χ0n) is 6.88. The third kappa shape index (κ3) is 0.990. The van der Waals surface area contributed by atoms with Gasteiger partial charge in [-0.25, -0.2) is 9.97 Å². The second-order valence-electron chi connectivity index (χ2n) is 2.65. The first-order valence-electron chi connectivity index (χ1n) is 3.86. The summed E-state index contributed by atoms with van der Waals surface area (Å²) in [7, 11) is 0. The maximum atomic E-state index is 4.13. The molecule has 0 saturated carbocycles. The van der Waals surface area contributed by atoms with E-state index < -0.39 is 0 Å². The van der Waals surface area contributed by atoms with E-state index in [1.54, 1.807) is 6.20 Å². The van der Waals surface area contributed by atoms with Gasteiger partial charge in [-0.15, -0.1) is 5.10 Å². The summed E-state index contributed by atoms with van der Waals surface area (Å²) >= 11 is 1.29. The molecule has 0 unspecified atom stereocenters. The lowest BCUT2D eigenvalue weighted by atomic mass is 10.3. The molecule has 7 heteroatoms. The van der Waals surface area contributed by atoms with Crippen LogP contribution in [0.1, 0.15) is 0 Å². The second-order valence-corrected chi connectivity index (χ2v) is 3.26. The topological polar surface area (TPSA) is 80.2 Å². The van der Waals surface area contributed by atoms with Crippen molar-refractivity contribution in [3.8, 4) is 11.4 Å². The van der Waals surface area contributed by atoms with Gasteiger partial charge in [0.25, 0.3) is 0 Å². The fraction of sp³-hybridized carbons (Fsp3) is 0. The molecule has 0 aliphatic carbocycles. The van der Waals surface area contributed by atoms with E-state index in [0.717, 1.165) is 22.4 Å². The number of fused-ring (bicyclic) bond motifs is 1. The third-order valence-electron chi connectivity index (χ3n) is 1.83. The third-order valence-corrected chi connectivity index (χ3v) is 2.33. The molecule has 3 aromatic rings. The van der Waals surface area contributed by atoms with Gasteiger partial charge >= 0.3 is 0 Å². The van der Waals surface area contributed by atoms with Gasteiger partial charge in [0.2, 0.25) is 0 Å². The number of nitrogens with zero attached hydrogens (tertiary/aromatic N) is 5. The smallest absolute Gasteiger partial charge is 0.140 e. The fourth-order valence-corrected chi connectivity index (χ4v) is 1.66. The lowest BCUT2D eigenvalue weighted by Crippen LogP contribution is -1.81. The molecule has 0 amide bonds. The Labute approximate surface area is 82.2 Å². The van der Waals surface area contributed by atoms with Crippen molar-refractivity contribution in [2.45, 2.75) is 0 Å². The van der Waals surface area contributed by atoms with Crippen LogP contribution in [0.25, 0.3) is 22.4 Å². The molecule has 0 aliphatic heterocycles. The summed E-state index contributed by atoms with van der Waals surface area (Å²) in [6.45, 7) is 0. The molecule has 68 valence electrons. The van der Waals surface area contributed by atoms with Crippen molar-refractivity contribution in [2.24, 2.45) is 0 Å². The number of hydrogen-bond donors (Lipinski definition) is 1. The van der Waals surface area contributed by atoms with Crippen LogP contribution in [0.15, 0.2) is 17.9 Å². The Kier molecular flexibility index (Phi) is 1.51. The molecule has 0 bridgehead atoms. The van der Waals surface area contributed by atoms with Gasteiger partial charge in [0, 0.05) is 5.38 Å². The van der Waals surface area contributed by atoms with E-state index in [1.807, 2.05) is 5.38 Å². The van der Waals surface area contributed by atoms with Crippen LogP contribution in [0.3, 0.4) is 0 Å². The molecule has 6 nitrogen and oxygen atoms in total. The summed E-state index contributed by atoms with van der Waals surface area (Å²) in [4.78, 5) is 8.02. The number of H-pyrrole nitrogens is 1. The highest BCUT2D eigenvalue weighted by molar-refractivity contribution is 7.03. The summed E-state index contributed by atoms with van der Waals surface area (Å²) in [6.07, 6.45) is 3.17. The molecule has 0 atom stereocenters. The van der Waals surface area contributed by atoms with E-state index in [1.165, 1.54) is 17.9 Å². The van der Waals surface area contributed by atoms with Gasteiger partial charge in [0.1, 0.15) is 28.7 Å². The second kappa shape index (κ2) is 2.81. The maximum Gasteiger partial charge on any atom is 0.140 e. The molecule has 0 aliphatic rings. The van der Waals surface area contributed by atoms with Crippen LogP contribution in [0, 0.1) is 0 Å². The molecule has 0 aromatic carbocycles. The van der Waals surface area contributed by atoms with Crippen molar-refractivity contribution in [3.05, 3.63) is 17.9 Å². The molecular weight excluding hydrogens is 200 g/mol. The molecule has 14 heavy (non-hydrogen) atoms. The predicted molar refractivity (Wildman–Crippen MR) is 50.6 cm³/mol. The minimum absolute atomic E-state index is 0.719. The van der Waals surface area contributed by atoms with Crippen LogP contribution < -0.4 is 0 Å². The minimum Gasteiger partial charge on any atom is -0.274 e. The fourth-order valence-electron chi connectivity index (χ4n) is 1.22. The van der Waals surface area contributed by atoms with E-state index in [9.17, 15) is 0 Å². The highest BCUT2D eigenvalue weighted by Gasteiger charge is 2.10. The van der Waals surface area contributed by atoms with E-state index in [-0.39, 0.29) is 0 Å². The van der Waals surface area contributed by atoms with Gasteiger partial charge < -0.3 is 0 Å². The van der Waals surface area contributed by atoms with Crippen LogP contribution in [0.4, 0.5) is 0 Å². The highest BCUT2D eigenvalue weighted by Crippen LogP contribution is 2.21. The zero-order valence-corrected chi connectivity index (χ0v) is 7.69. The SMILES string of the molecule is c1ncc2[nH]nc(-c3csnn3)c2n1. The Bertz CT molecular complexity index is 556. The molecule has 0 fully saturated rings. The number of nitrogens with one attached hydrogen (secondary N) is 1. The lowest BCUT2D eigenvalue weighted by molar-refractivity contribution is 1.09. The van der Waals surface area contributed by atoms with Gasteiger partial charge in [-0.2, -0.15) is 5.10 Å². The summed E-state index contributed by atoms with van der Waals surface area (Å²) in [5.74, 6) is 0. The molecule has 3 rings (SSSR count). The molecule has 0 saturated heterocycles. The molecule has 0 spiro atoms. The van der Waals surface area contributed by atoms with Crippen LogP contribution in [0.2, 0.25) is 0 Å². The standard InChI is InChI=1S/C7H4N6S/c1-4-6(9-3-8-1)7(12-10-4)5-2-14-13-11-5/h1-3H,(H,10,12). The summed E-state index contributed by atoms with van der Waals surface area (Å²) in [6, 6.07) is 0. The number of hydrogen-bond acceptors (Lipinski definition) is 6. The Morgan fingerprint density at radius 3 is 3.21 bits per heavy atom. The zero-order chi connectivity index (χ0) is 9.38. The highest BCUT2D eigenvalue weighted by atomic mass is 32.1. The summed E-state index contributed by atoms with van der Waals surface area (Å²) in [5, 5.41) is 12.7. The average molecular weight is 204 g/mol. The summed E-state index contributed by atoms with van der Waals surface area (Å²) in [5.41, 5.74) is 3.03. The van der Waals surface area contributed by atoms with E-state index in [2.05, 4.69) is 29.8 Å². The Balaban J connectivity index is 2.33. The van der Waals surface area contributed by atoms with E-state index >= 15 is 0 Å². The largest absolute Gasteiger partial charge is 0.274 e. The van der Waals surface area contributed by atoms with Crippen molar-refractivity contribution in [3.63, 3.8) is 0 Å². The Hall–Kier alpha value is -1.89. The normalized spacial score (nSPS) is 10.9. The van der Waals surface area contributed by atoms with Crippen molar-refractivity contribution in [2.75, 3.05) is 0 Å². The Morgan fingerprint density at radius 1 is 1.36 bits per heavy atom. The summed E-state index contributed by atoms with van der Waals surface area (Å²) < 4.78 is 3.78. The van der Waals surface area contributed by atoms with Crippen molar-refractivity contribution < 1.29 is 0 Å². The lowest BCUT2D eigenvalue weighted by Gasteiger charge is -1.87. The average Bonchev–Trinajstić information content (AvgIpc) is 2.85.